The molecule has 4 heteroatoms. The van der Waals surface area contributed by atoms with Crippen LogP contribution in [-0.4, -0.2) is 36.8 Å². The van der Waals surface area contributed by atoms with E-state index in [4.69, 9.17) is 0 Å². The molecule has 1 aliphatic rings. The molecule has 0 radical (unpaired) electrons. The molecule has 4 nitrogen and oxygen atoms in total. The van der Waals surface area contributed by atoms with Crippen molar-refractivity contribution in [3.05, 3.63) is 0 Å². The fourth-order valence-corrected chi connectivity index (χ4v) is 1.66. The van der Waals surface area contributed by atoms with E-state index >= 15 is 0 Å². The summed E-state index contributed by atoms with van der Waals surface area (Å²) in [5.41, 5.74) is 0. The highest BCUT2D eigenvalue weighted by molar-refractivity contribution is 5.78. The highest BCUT2D eigenvalue weighted by atomic mass is 16.3. The smallest absolute Gasteiger partial charge is 0.224 e. The third-order valence-corrected chi connectivity index (χ3v) is 2.92. The maximum absolute atomic E-state index is 11.7. The third kappa shape index (κ3) is 4.18. The molecule has 1 heterocycles. The molecule has 3 N–H and O–H groups in total. The average Bonchev–Trinajstić information content (AvgIpc) is 2.26. The largest absolute Gasteiger partial charge is 0.391 e. The van der Waals surface area contributed by atoms with Gasteiger partial charge in [-0.05, 0) is 25.3 Å². The molecule has 0 aromatic carbocycles. The Morgan fingerprint density at radius 3 is 2.87 bits per heavy atom. The Morgan fingerprint density at radius 2 is 2.33 bits per heavy atom. The van der Waals surface area contributed by atoms with Crippen LogP contribution in [0.2, 0.25) is 0 Å². The molecule has 1 fully saturated rings. The second-order valence-corrected chi connectivity index (χ2v) is 4.60. The van der Waals surface area contributed by atoms with Gasteiger partial charge in [-0.1, -0.05) is 13.8 Å². The minimum absolute atomic E-state index is 0.0712. The molecular formula is C11H22N2O2. The molecule has 0 spiro atoms. The van der Waals surface area contributed by atoms with Gasteiger partial charge in [-0.15, -0.1) is 0 Å². The van der Waals surface area contributed by atoms with Crippen LogP contribution in [0, 0.1) is 11.8 Å². The van der Waals surface area contributed by atoms with Gasteiger partial charge < -0.3 is 15.7 Å². The quantitative estimate of drug-likeness (QED) is 0.623. The van der Waals surface area contributed by atoms with E-state index in [1.54, 1.807) is 0 Å². The first kappa shape index (κ1) is 12.5. The van der Waals surface area contributed by atoms with Crippen LogP contribution in [0.4, 0.5) is 0 Å². The number of hydrogen-bond acceptors (Lipinski definition) is 3. The lowest BCUT2D eigenvalue weighted by atomic mass is 9.98. The lowest BCUT2D eigenvalue weighted by Gasteiger charge is -2.23. The summed E-state index contributed by atoms with van der Waals surface area (Å²) in [5, 5.41) is 15.6. The second-order valence-electron chi connectivity index (χ2n) is 4.60. The summed E-state index contributed by atoms with van der Waals surface area (Å²) in [5.74, 6) is 0.342. The van der Waals surface area contributed by atoms with Gasteiger partial charge in [0.25, 0.3) is 0 Å². The first-order valence-electron chi connectivity index (χ1n) is 5.77. The van der Waals surface area contributed by atoms with Crippen LogP contribution in [-0.2, 0) is 4.79 Å². The second kappa shape index (κ2) is 6.08. The van der Waals surface area contributed by atoms with Gasteiger partial charge in [-0.2, -0.15) is 0 Å². The van der Waals surface area contributed by atoms with Crippen LogP contribution < -0.4 is 10.6 Å². The van der Waals surface area contributed by atoms with Gasteiger partial charge in [0, 0.05) is 13.1 Å². The molecule has 0 bridgehead atoms. The Kier molecular flexibility index (Phi) is 5.05. The van der Waals surface area contributed by atoms with Crippen molar-refractivity contribution >= 4 is 5.91 Å². The predicted molar refractivity (Wildman–Crippen MR) is 59.4 cm³/mol. The van der Waals surface area contributed by atoms with Crippen molar-refractivity contribution in [3.8, 4) is 0 Å². The number of carbonyl (C=O) groups excluding carboxylic acids is 1. The SMILES string of the molecule is CC(C)C(O)CNC(=O)[C@H]1CCCNC1. The van der Waals surface area contributed by atoms with Crippen LogP contribution in [0.3, 0.4) is 0 Å². The molecule has 15 heavy (non-hydrogen) atoms. The zero-order chi connectivity index (χ0) is 11.3. The molecular weight excluding hydrogens is 192 g/mol. The van der Waals surface area contributed by atoms with E-state index in [1.165, 1.54) is 0 Å². The molecule has 1 aliphatic heterocycles. The van der Waals surface area contributed by atoms with E-state index in [1.807, 2.05) is 13.8 Å². The van der Waals surface area contributed by atoms with E-state index < -0.39 is 6.10 Å². The maximum atomic E-state index is 11.7. The Bertz CT molecular complexity index is 201. The summed E-state index contributed by atoms with van der Waals surface area (Å²) >= 11 is 0. The minimum atomic E-state index is -0.439. The zero-order valence-corrected chi connectivity index (χ0v) is 9.62. The lowest BCUT2D eigenvalue weighted by molar-refractivity contribution is -0.126. The molecule has 1 unspecified atom stereocenters. The molecule has 0 aliphatic carbocycles. The Balaban J connectivity index is 2.22. The molecule has 2 atom stereocenters. The van der Waals surface area contributed by atoms with E-state index in [0.29, 0.717) is 6.54 Å². The number of hydrogen-bond donors (Lipinski definition) is 3. The number of rotatable bonds is 4. The standard InChI is InChI=1S/C11H22N2O2/c1-8(2)10(14)7-13-11(15)9-4-3-5-12-6-9/h8-10,12,14H,3-7H2,1-2H3,(H,13,15)/t9-,10?/m0/s1. The fourth-order valence-electron chi connectivity index (χ4n) is 1.66. The van der Waals surface area contributed by atoms with Crippen LogP contribution in [0.25, 0.3) is 0 Å². The Hall–Kier alpha value is -0.610. The van der Waals surface area contributed by atoms with E-state index in [0.717, 1.165) is 25.9 Å². The summed E-state index contributed by atoms with van der Waals surface area (Å²) < 4.78 is 0. The monoisotopic (exact) mass is 214 g/mol. The molecule has 1 rings (SSSR count). The molecule has 1 saturated heterocycles. The first-order valence-corrected chi connectivity index (χ1v) is 5.77. The first-order chi connectivity index (χ1) is 7.11. The number of carbonyl (C=O) groups is 1. The minimum Gasteiger partial charge on any atom is -0.391 e. The van der Waals surface area contributed by atoms with Crippen molar-refractivity contribution in [3.63, 3.8) is 0 Å². The van der Waals surface area contributed by atoms with Crippen molar-refractivity contribution in [2.45, 2.75) is 32.8 Å². The number of amides is 1. The summed E-state index contributed by atoms with van der Waals surface area (Å²) in [6.45, 7) is 6.03. The van der Waals surface area contributed by atoms with Gasteiger partial charge in [0.05, 0.1) is 12.0 Å². The summed E-state index contributed by atoms with van der Waals surface area (Å²) in [6.07, 6.45) is 1.58. The molecule has 0 aromatic heterocycles. The Labute approximate surface area is 91.4 Å². The van der Waals surface area contributed by atoms with Crippen molar-refractivity contribution in [2.24, 2.45) is 11.8 Å². The summed E-state index contributed by atoms with van der Waals surface area (Å²) in [6, 6.07) is 0. The van der Waals surface area contributed by atoms with E-state index in [2.05, 4.69) is 10.6 Å². The predicted octanol–water partition coefficient (Wildman–Crippen LogP) is 0.119. The highest BCUT2D eigenvalue weighted by Crippen LogP contribution is 2.09. The van der Waals surface area contributed by atoms with E-state index in [9.17, 15) is 9.90 Å². The molecule has 0 saturated carbocycles. The van der Waals surface area contributed by atoms with Gasteiger partial charge in [-0.25, -0.2) is 0 Å². The third-order valence-electron chi connectivity index (χ3n) is 2.92. The van der Waals surface area contributed by atoms with Crippen molar-refractivity contribution in [2.75, 3.05) is 19.6 Å². The number of aliphatic hydroxyl groups excluding tert-OH is 1. The molecule has 88 valence electrons. The average molecular weight is 214 g/mol. The van der Waals surface area contributed by atoms with Gasteiger partial charge >= 0.3 is 0 Å². The van der Waals surface area contributed by atoms with Gasteiger partial charge in [0.1, 0.15) is 0 Å². The lowest BCUT2D eigenvalue weighted by Crippen LogP contribution is -2.43. The number of aliphatic hydroxyl groups is 1. The van der Waals surface area contributed by atoms with Gasteiger partial charge in [-0.3, -0.25) is 4.79 Å². The van der Waals surface area contributed by atoms with Crippen LogP contribution >= 0.6 is 0 Å². The number of piperidine rings is 1. The fraction of sp³-hybridized carbons (Fsp3) is 0.909. The van der Waals surface area contributed by atoms with Crippen LogP contribution in [0.1, 0.15) is 26.7 Å². The van der Waals surface area contributed by atoms with E-state index in [-0.39, 0.29) is 17.7 Å². The van der Waals surface area contributed by atoms with Gasteiger partial charge in [0.15, 0.2) is 0 Å². The molecule has 1 amide bonds. The summed E-state index contributed by atoms with van der Waals surface area (Å²) in [7, 11) is 0. The normalized spacial score (nSPS) is 23.9. The highest BCUT2D eigenvalue weighted by Gasteiger charge is 2.21. The maximum Gasteiger partial charge on any atom is 0.224 e. The van der Waals surface area contributed by atoms with Crippen molar-refractivity contribution in [1.29, 1.82) is 0 Å². The number of nitrogens with one attached hydrogen (secondary N) is 2. The van der Waals surface area contributed by atoms with Crippen LogP contribution in [0.5, 0.6) is 0 Å². The molecule has 0 aromatic rings. The van der Waals surface area contributed by atoms with Crippen molar-refractivity contribution in [1.82, 2.24) is 10.6 Å². The summed E-state index contributed by atoms with van der Waals surface area (Å²) in [4.78, 5) is 11.7. The topological polar surface area (TPSA) is 61.4 Å². The van der Waals surface area contributed by atoms with Crippen molar-refractivity contribution < 1.29 is 9.90 Å². The zero-order valence-electron chi connectivity index (χ0n) is 9.62. The Morgan fingerprint density at radius 1 is 1.60 bits per heavy atom. The van der Waals surface area contributed by atoms with Gasteiger partial charge in [0.2, 0.25) is 5.91 Å². The van der Waals surface area contributed by atoms with Crippen LogP contribution in [0.15, 0.2) is 0 Å².